The minimum atomic E-state index is -0.544. The van der Waals surface area contributed by atoms with Gasteiger partial charge in [-0.2, -0.15) is 0 Å². The lowest BCUT2D eigenvalue weighted by Crippen LogP contribution is -2.50. The van der Waals surface area contributed by atoms with Crippen molar-refractivity contribution in [1.29, 1.82) is 0 Å². The van der Waals surface area contributed by atoms with Gasteiger partial charge in [0, 0.05) is 13.0 Å². The fourth-order valence-electron chi connectivity index (χ4n) is 3.47. The van der Waals surface area contributed by atoms with Crippen LogP contribution in [0.15, 0.2) is 54.6 Å². The minimum absolute atomic E-state index is 0.311. The van der Waals surface area contributed by atoms with Gasteiger partial charge in [0.2, 0.25) is 0 Å². The molecule has 3 nitrogen and oxygen atoms in total. The molecule has 0 spiro atoms. The lowest BCUT2D eigenvalue weighted by atomic mass is 9.75. The molecule has 1 fully saturated rings. The van der Waals surface area contributed by atoms with Crippen molar-refractivity contribution >= 4 is 5.78 Å². The predicted octanol–water partition coefficient (Wildman–Crippen LogP) is 4.21. The van der Waals surface area contributed by atoms with Crippen LogP contribution in [0.25, 0.3) is 0 Å². The average molecular weight is 323 g/mol. The number of ketones is 1. The van der Waals surface area contributed by atoms with Crippen LogP contribution in [0.4, 0.5) is 0 Å². The van der Waals surface area contributed by atoms with Crippen LogP contribution in [-0.4, -0.2) is 12.4 Å². The van der Waals surface area contributed by atoms with Gasteiger partial charge in [0.15, 0.2) is 5.78 Å². The summed E-state index contributed by atoms with van der Waals surface area (Å²) in [5, 5.41) is 3.58. The summed E-state index contributed by atoms with van der Waals surface area (Å²) in [6, 6.07) is 18.2. The number of hydrogen-bond donors (Lipinski definition) is 1. The minimum Gasteiger partial charge on any atom is -0.494 e. The molecule has 1 atom stereocenters. The van der Waals surface area contributed by atoms with Crippen molar-refractivity contribution in [3.05, 3.63) is 65.7 Å². The zero-order chi connectivity index (χ0) is 16.8. The highest BCUT2D eigenvalue weighted by molar-refractivity contribution is 5.90. The molecule has 0 aromatic heterocycles. The molecule has 24 heavy (non-hydrogen) atoms. The number of benzene rings is 2. The van der Waals surface area contributed by atoms with Crippen LogP contribution in [-0.2, 0) is 16.9 Å². The second kappa shape index (κ2) is 7.63. The molecule has 0 aliphatic heterocycles. The summed E-state index contributed by atoms with van der Waals surface area (Å²) in [5.41, 5.74) is 1.70. The topological polar surface area (TPSA) is 38.3 Å². The van der Waals surface area contributed by atoms with Crippen LogP contribution in [0.5, 0.6) is 5.75 Å². The Morgan fingerprint density at radius 2 is 1.79 bits per heavy atom. The Bertz CT molecular complexity index is 666. The summed E-state index contributed by atoms with van der Waals surface area (Å²) in [6.45, 7) is 3.32. The highest BCUT2D eigenvalue weighted by Gasteiger charge is 2.40. The standard InChI is InChI=1S/C21H25NO2/c1-2-24-19-13-11-17(12-14-19)16-22-21(15-7-6-10-20(21)23)18-8-4-3-5-9-18/h3-5,8-9,11-14,22H,2,6-7,10,15-16H2,1H3. The van der Waals surface area contributed by atoms with Gasteiger partial charge in [0.25, 0.3) is 0 Å². The van der Waals surface area contributed by atoms with Crippen molar-refractivity contribution < 1.29 is 9.53 Å². The summed E-state index contributed by atoms with van der Waals surface area (Å²) in [5.74, 6) is 1.19. The van der Waals surface area contributed by atoms with Crippen molar-refractivity contribution in [3.63, 3.8) is 0 Å². The lowest BCUT2D eigenvalue weighted by molar-refractivity contribution is -0.128. The number of carbonyl (C=O) groups is 1. The summed E-state index contributed by atoms with van der Waals surface area (Å²) < 4.78 is 5.49. The van der Waals surface area contributed by atoms with Gasteiger partial charge in [-0.15, -0.1) is 0 Å². The first-order valence-corrected chi connectivity index (χ1v) is 8.80. The number of hydrogen-bond acceptors (Lipinski definition) is 3. The summed E-state index contributed by atoms with van der Waals surface area (Å²) in [7, 11) is 0. The maximum Gasteiger partial charge on any atom is 0.157 e. The highest BCUT2D eigenvalue weighted by Crippen LogP contribution is 2.34. The zero-order valence-corrected chi connectivity index (χ0v) is 14.3. The van der Waals surface area contributed by atoms with Crippen LogP contribution in [0.2, 0.25) is 0 Å². The van der Waals surface area contributed by atoms with Crippen LogP contribution in [0.1, 0.15) is 43.7 Å². The molecular weight excluding hydrogens is 298 g/mol. The zero-order valence-electron chi connectivity index (χ0n) is 14.3. The molecule has 1 unspecified atom stereocenters. The molecule has 1 aliphatic carbocycles. The third-order valence-electron chi connectivity index (χ3n) is 4.78. The Morgan fingerprint density at radius 3 is 2.46 bits per heavy atom. The molecule has 1 saturated carbocycles. The molecule has 3 rings (SSSR count). The second-order valence-electron chi connectivity index (χ2n) is 6.33. The van der Waals surface area contributed by atoms with E-state index in [1.54, 1.807) is 0 Å². The van der Waals surface area contributed by atoms with Crippen LogP contribution >= 0.6 is 0 Å². The molecule has 126 valence electrons. The molecule has 0 amide bonds. The Morgan fingerprint density at radius 1 is 1.04 bits per heavy atom. The van der Waals surface area contributed by atoms with Crippen molar-refractivity contribution in [3.8, 4) is 5.75 Å². The maximum absolute atomic E-state index is 12.8. The van der Waals surface area contributed by atoms with Gasteiger partial charge < -0.3 is 4.74 Å². The molecule has 0 bridgehead atoms. The summed E-state index contributed by atoms with van der Waals surface area (Å²) in [4.78, 5) is 12.8. The molecule has 1 N–H and O–H groups in total. The van der Waals surface area contributed by atoms with Crippen LogP contribution in [0.3, 0.4) is 0 Å². The molecule has 2 aromatic carbocycles. The number of ether oxygens (including phenoxy) is 1. The van der Waals surface area contributed by atoms with E-state index >= 15 is 0 Å². The average Bonchev–Trinajstić information content (AvgIpc) is 2.63. The monoisotopic (exact) mass is 323 g/mol. The van der Waals surface area contributed by atoms with Gasteiger partial charge in [-0.1, -0.05) is 48.9 Å². The quantitative estimate of drug-likeness (QED) is 0.865. The van der Waals surface area contributed by atoms with Crippen molar-refractivity contribution in [2.24, 2.45) is 0 Å². The van der Waals surface area contributed by atoms with E-state index in [0.29, 0.717) is 25.4 Å². The van der Waals surface area contributed by atoms with E-state index in [2.05, 4.69) is 29.6 Å². The fraction of sp³-hybridized carbons (Fsp3) is 0.381. The van der Waals surface area contributed by atoms with Crippen molar-refractivity contribution in [2.75, 3.05) is 6.61 Å². The number of carbonyl (C=O) groups excluding carboxylic acids is 1. The normalized spacial score (nSPS) is 20.8. The molecule has 1 aliphatic rings. The molecule has 2 aromatic rings. The fourth-order valence-corrected chi connectivity index (χ4v) is 3.47. The predicted molar refractivity (Wildman–Crippen MR) is 96.0 cm³/mol. The smallest absolute Gasteiger partial charge is 0.157 e. The highest BCUT2D eigenvalue weighted by atomic mass is 16.5. The van der Waals surface area contributed by atoms with E-state index in [1.807, 2.05) is 37.3 Å². The van der Waals surface area contributed by atoms with Gasteiger partial charge in [-0.3, -0.25) is 10.1 Å². The third kappa shape index (κ3) is 3.51. The van der Waals surface area contributed by atoms with Gasteiger partial charge in [0.05, 0.1) is 6.61 Å². The first-order chi connectivity index (χ1) is 11.7. The Balaban J connectivity index is 1.79. The Kier molecular flexibility index (Phi) is 5.31. The van der Waals surface area contributed by atoms with E-state index in [-0.39, 0.29) is 0 Å². The van der Waals surface area contributed by atoms with E-state index in [4.69, 9.17) is 4.74 Å². The second-order valence-corrected chi connectivity index (χ2v) is 6.33. The van der Waals surface area contributed by atoms with Crippen LogP contribution in [0, 0.1) is 0 Å². The SMILES string of the molecule is CCOc1ccc(CNC2(c3ccccc3)CCCCC2=O)cc1. The van der Waals surface area contributed by atoms with Gasteiger partial charge >= 0.3 is 0 Å². The maximum atomic E-state index is 12.8. The van der Waals surface area contributed by atoms with E-state index < -0.39 is 5.54 Å². The van der Waals surface area contributed by atoms with Crippen molar-refractivity contribution in [1.82, 2.24) is 5.32 Å². The Labute approximate surface area is 144 Å². The van der Waals surface area contributed by atoms with Gasteiger partial charge in [-0.25, -0.2) is 0 Å². The first-order valence-electron chi connectivity index (χ1n) is 8.80. The summed E-state index contributed by atoms with van der Waals surface area (Å²) >= 11 is 0. The number of Topliss-reactive ketones (excluding diaryl/α,β-unsaturated/α-hetero) is 1. The molecule has 0 heterocycles. The number of nitrogens with one attached hydrogen (secondary N) is 1. The van der Waals surface area contributed by atoms with Gasteiger partial charge in [0.1, 0.15) is 11.3 Å². The lowest BCUT2D eigenvalue weighted by Gasteiger charge is -2.37. The Hall–Kier alpha value is -2.13. The van der Waals surface area contributed by atoms with Gasteiger partial charge in [-0.05, 0) is 43.0 Å². The molecule has 3 heteroatoms. The van der Waals surface area contributed by atoms with E-state index in [0.717, 1.165) is 36.1 Å². The molecule has 0 radical (unpaired) electrons. The molecule has 0 saturated heterocycles. The summed E-state index contributed by atoms with van der Waals surface area (Å²) in [6.07, 6.45) is 3.60. The molecular formula is C21H25NO2. The van der Waals surface area contributed by atoms with E-state index in [9.17, 15) is 4.79 Å². The largest absolute Gasteiger partial charge is 0.494 e. The van der Waals surface area contributed by atoms with Crippen molar-refractivity contribution in [2.45, 2.75) is 44.7 Å². The number of rotatable bonds is 6. The third-order valence-corrected chi connectivity index (χ3v) is 4.78. The first kappa shape index (κ1) is 16.7. The van der Waals surface area contributed by atoms with E-state index in [1.165, 1.54) is 0 Å². The van der Waals surface area contributed by atoms with Crippen LogP contribution < -0.4 is 10.1 Å².